The Morgan fingerprint density at radius 3 is 2.62 bits per heavy atom. The van der Waals surface area contributed by atoms with Gasteiger partial charge >= 0.3 is 0 Å². The number of amides is 2. The summed E-state index contributed by atoms with van der Waals surface area (Å²) in [6.07, 6.45) is 1.49. The molecule has 29 heavy (non-hydrogen) atoms. The van der Waals surface area contributed by atoms with Crippen LogP contribution in [0.15, 0.2) is 59.7 Å². The molecule has 2 aromatic carbocycles. The van der Waals surface area contributed by atoms with E-state index >= 15 is 0 Å². The first-order chi connectivity index (χ1) is 14.0. The fourth-order valence-corrected chi connectivity index (χ4v) is 4.26. The van der Waals surface area contributed by atoms with Gasteiger partial charge in [0.05, 0.1) is 11.8 Å². The number of nitrogens with two attached hydrogens (primary N) is 1. The topological polar surface area (TPSA) is 87.8 Å². The minimum absolute atomic E-state index is 0.147. The fraction of sp³-hybridized carbons (Fsp3) is 0.318. The van der Waals surface area contributed by atoms with E-state index in [0.717, 1.165) is 16.8 Å². The third-order valence-electron chi connectivity index (χ3n) is 5.71. The SMILES string of the molecule is NC(Cc1ccc(Cl)cc1)C(=O)N1CCC2=NNC(=O)C2(Cc2ccccc2)C1. The maximum absolute atomic E-state index is 13.1. The Morgan fingerprint density at radius 1 is 1.17 bits per heavy atom. The van der Waals surface area contributed by atoms with Crippen molar-refractivity contribution < 1.29 is 9.59 Å². The third-order valence-corrected chi connectivity index (χ3v) is 5.96. The van der Waals surface area contributed by atoms with Gasteiger partial charge in [-0.25, -0.2) is 5.43 Å². The Labute approximate surface area is 174 Å². The highest BCUT2D eigenvalue weighted by molar-refractivity contribution is 6.30. The number of carbonyl (C=O) groups excluding carboxylic acids is 2. The number of hydrogen-bond donors (Lipinski definition) is 2. The summed E-state index contributed by atoms with van der Waals surface area (Å²) in [6, 6.07) is 16.5. The Hall–Kier alpha value is -2.70. The van der Waals surface area contributed by atoms with Crippen LogP contribution in [0.25, 0.3) is 0 Å². The molecule has 2 unspecified atom stereocenters. The van der Waals surface area contributed by atoms with Crippen molar-refractivity contribution in [2.45, 2.75) is 25.3 Å². The summed E-state index contributed by atoms with van der Waals surface area (Å²) in [5.74, 6) is -0.300. The van der Waals surface area contributed by atoms with Gasteiger partial charge in [0.25, 0.3) is 5.91 Å². The van der Waals surface area contributed by atoms with Gasteiger partial charge in [0, 0.05) is 24.5 Å². The van der Waals surface area contributed by atoms with Crippen molar-refractivity contribution in [2.24, 2.45) is 16.3 Å². The van der Waals surface area contributed by atoms with Crippen LogP contribution in [0.3, 0.4) is 0 Å². The van der Waals surface area contributed by atoms with Crippen LogP contribution in [0.4, 0.5) is 0 Å². The molecule has 0 spiro atoms. The summed E-state index contributed by atoms with van der Waals surface area (Å²) in [4.78, 5) is 27.6. The second-order valence-corrected chi connectivity index (χ2v) is 8.13. The summed E-state index contributed by atoms with van der Waals surface area (Å²) in [5, 5.41) is 4.90. The predicted molar refractivity (Wildman–Crippen MR) is 112 cm³/mol. The van der Waals surface area contributed by atoms with Gasteiger partial charge in [0.2, 0.25) is 5.91 Å². The van der Waals surface area contributed by atoms with Crippen molar-refractivity contribution in [3.8, 4) is 0 Å². The molecule has 2 heterocycles. The molecule has 3 N–H and O–H groups in total. The molecule has 0 radical (unpaired) electrons. The number of nitrogens with one attached hydrogen (secondary N) is 1. The average Bonchev–Trinajstić information content (AvgIpc) is 3.05. The Bertz CT molecular complexity index is 945. The maximum atomic E-state index is 13.1. The summed E-state index contributed by atoms with van der Waals surface area (Å²) in [6.45, 7) is 0.803. The average molecular weight is 411 g/mol. The van der Waals surface area contributed by atoms with Crippen molar-refractivity contribution in [3.05, 3.63) is 70.7 Å². The molecule has 2 aliphatic heterocycles. The molecule has 0 aliphatic carbocycles. The number of nitrogens with zero attached hydrogens (tertiary/aromatic N) is 2. The van der Waals surface area contributed by atoms with E-state index in [1.54, 1.807) is 17.0 Å². The lowest BCUT2D eigenvalue weighted by atomic mass is 9.73. The van der Waals surface area contributed by atoms with E-state index in [4.69, 9.17) is 17.3 Å². The minimum Gasteiger partial charge on any atom is -0.339 e. The number of fused-ring (bicyclic) bond motifs is 1. The lowest BCUT2D eigenvalue weighted by molar-refractivity contribution is -0.136. The van der Waals surface area contributed by atoms with Crippen molar-refractivity contribution in [1.82, 2.24) is 10.3 Å². The first-order valence-electron chi connectivity index (χ1n) is 9.68. The van der Waals surface area contributed by atoms with E-state index in [-0.39, 0.29) is 11.8 Å². The lowest BCUT2D eigenvalue weighted by Crippen LogP contribution is -2.58. The summed E-state index contributed by atoms with van der Waals surface area (Å²) >= 11 is 5.92. The normalized spacial score (nSPS) is 21.9. The number of carbonyl (C=O) groups is 2. The molecule has 1 saturated heterocycles. The van der Waals surface area contributed by atoms with E-state index in [1.165, 1.54) is 0 Å². The molecule has 7 heteroatoms. The van der Waals surface area contributed by atoms with Crippen molar-refractivity contribution >= 4 is 29.1 Å². The quantitative estimate of drug-likeness (QED) is 0.791. The molecule has 1 fully saturated rings. The fourth-order valence-electron chi connectivity index (χ4n) is 4.13. The van der Waals surface area contributed by atoms with Crippen LogP contribution in [0.1, 0.15) is 17.5 Å². The van der Waals surface area contributed by atoms with Crippen LogP contribution in [0, 0.1) is 5.41 Å². The van der Waals surface area contributed by atoms with Gasteiger partial charge < -0.3 is 10.6 Å². The van der Waals surface area contributed by atoms with Crippen LogP contribution in [0.5, 0.6) is 0 Å². The maximum Gasteiger partial charge on any atom is 0.254 e. The monoisotopic (exact) mass is 410 g/mol. The highest BCUT2D eigenvalue weighted by Crippen LogP contribution is 2.35. The number of hydrazone groups is 1. The molecule has 6 nitrogen and oxygen atoms in total. The molecule has 2 amide bonds. The number of piperidine rings is 1. The van der Waals surface area contributed by atoms with Gasteiger partial charge in [-0.2, -0.15) is 5.10 Å². The Kier molecular flexibility index (Phi) is 5.39. The van der Waals surface area contributed by atoms with Gasteiger partial charge in [-0.1, -0.05) is 54.1 Å². The molecular formula is C22H23ClN4O2. The van der Waals surface area contributed by atoms with Crippen molar-refractivity contribution in [2.75, 3.05) is 13.1 Å². The number of likely N-dealkylation sites (tertiary alicyclic amines) is 1. The zero-order valence-electron chi connectivity index (χ0n) is 16.0. The second-order valence-electron chi connectivity index (χ2n) is 7.69. The Balaban J connectivity index is 1.51. The van der Waals surface area contributed by atoms with E-state index in [0.29, 0.717) is 37.4 Å². The molecule has 0 saturated carbocycles. The minimum atomic E-state index is -0.824. The van der Waals surface area contributed by atoms with E-state index in [9.17, 15) is 9.59 Å². The van der Waals surface area contributed by atoms with Crippen molar-refractivity contribution in [3.63, 3.8) is 0 Å². The van der Waals surface area contributed by atoms with E-state index in [2.05, 4.69) is 10.5 Å². The first-order valence-corrected chi connectivity index (χ1v) is 10.1. The predicted octanol–water partition coefficient (Wildman–Crippen LogP) is 2.16. The van der Waals surface area contributed by atoms with Gasteiger partial charge in [-0.3, -0.25) is 9.59 Å². The molecule has 2 aliphatic rings. The van der Waals surface area contributed by atoms with Gasteiger partial charge in [-0.15, -0.1) is 0 Å². The van der Waals surface area contributed by atoms with Crippen LogP contribution in [0.2, 0.25) is 5.02 Å². The zero-order valence-corrected chi connectivity index (χ0v) is 16.7. The molecule has 2 aromatic rings. The summed E-state index contributed by atoms with van der Waals surface area (Å²) in [7, 11) is 0. The highest BCUT2D eigenvalue weighted by Gasteiger charge is 2.51. The summed E-state index contributed by atoms with van der Waals surface area (Å²) < 4.78 is 0. The molecular weight excluding hydrogens is 388 g/mol. The smallest absolute Gasteiger partial charge is 0.254 e. The number of hydrogen-bond acceptors (Lipinski definition) is 4. The van der Waals surface area contributed by atoms with Crippen LogP contribution in [-0.4, -0.2) is 41.6 Å². The second kappa shape index (κ2) is 7.97. The van der Waals surface area contributed by atoms with Crippen LogP contribution in [-0.2, 0) is 22.4 Å². The zero-order chi connectivity index (χ0) is 20.4. The van der Waals surface area contributed by atoms with Crippen LogP contribution < -0.4 is 11.2 Å². The number of halogens is 1. The standard InChI is InChI=1S/C22H23ClN4O2/c23-17-8-6-15(7-9-17)12-18(24)20(28)27-11-10-19-22(14-27,21(29)26-25-19)13-16-4-2-1-3-5-16/h1-9,18H,10-14,24H2,(H,26,29). The summed E-state index contributed by atoms with van der Waals surface area (Å²) in [5.41, 5.74) is 10.8. The first kappa shape index (κ1) is 19.6. The Morgan fingerprint density at radius 2 is 1.90 bits per heavy atom. The van der Waals surface area contributed by atoms with Gasteiger partial charge in [0.15, 0.2) is 0 Å². The third kappa shape index (κ3) is 3.91. The largest absolute Gasteiger partial charge is 0.339 e. The number of rotatable bonds is 5. The molecule has 150 valence electrons. The lowest BCUT2D eigenvalue weighted by Gasteiger charge is -2.40. The van der Waals surface area contributed by atoms with Gasteiger partial charge in [-0.05, 0) is 36.1 Å². The van der Waals surface area contributed by atoms with Gasteiger partial charge in [0.1, 0.15) is 5.41 Å². The molecule has 0 bridgehead atoms. The van der Waals surface area contributed by atoms with E-state index < -0.39 is 11.5 Å². The number of benzene rings is 2. The highest BCUT2D eigenvalue weighted by atomic mass is 35.5. The van der Waals surface area contributed by atoms with Crippen molar-refractivity contribution in [1.29, 1.82) is 0 Å². The van der Waals surface area contributed by atoms with E-state index in [1.807, 2.05) is 42.5 Å². The molecule has 4 rings (SSSR count). The van der Waals surface area contributed by atoms with Crippen LogP contribution >= 0.6 is 11.6 Å². The molecule has 0 aromatic heterocycles. The molecule has 2 atom stereocenters.